The van der Waals surface area contributed by atoms with Gasteiger partial charge < -0.3 is 29.7 Å². The average molecular weight is 614 g/mol. The number of anilines is 4. The zero-order valence-electron chi connectivity index (χ0n) is 24.0. The van der Waals surface area contributed by atoms with Crippen molar-refractivity contribution in [3.63, 3.8) is 0 Å². The Balaban J connectivity index is 1.81. The molecule has 4 rings (SSSR count). The van der Waals surface area contributed by atoms with Gasteiger partial charge in [-0.2, -0.15) is 0 Å². The fraction of sp³-hybridized carbons (Fsp3) is 0.233. The van der Waals surface area contributed by atoms with E-state index in [1.165, 1.54) is 36.6 Å². The van der Waals surface area contributed by atoms with Gasteiger partial charge in [0.05, 0.1) is 34.0 Å². The summed E-state index contributed by atoms with van der Waals surface area (Å²) in [6.45, 7) is 4.60. The number of para-hydroxylation sites is 1. The molecule has 0 unspecified atom stereocenters. The molecule has 0 aliphatic heterocycles. The normalized spacial score (nSPS) is 11.7. The van der Waals surface area contributed by atoms with E-state index in [1.807, 2.05) is 61.1 Å². The van der Waals surface area contributed by atoms with Gasteiger partial charge in [-0.05, 0) is 26.2 Å². The predicted molar refractivity (Wildman–Crippen MR) is 165 cm³/mol. The first-order valence-electron chi connectivity index (χ1n) is 13.1. The molecule has 1 amide bonds. The molecule has 0 radical (unpaired) electrons. The number of aromatic nitrogens is 3. The van der Waals surface area contributed by atoms with Gasteiger partial charge >= 0.3 is 6.36 Å². The third kappa shape index (κ3) is 7.85. The van der Waals surface area contributed by atoms with Crippen LogP contribution in [-0.2, 0) is 11.8 Å². The highest BCUT2D eigenvalue weighted by molar-refractivity contribution is 6.33. The number of halogens is 4. The maximum absolute atomic E-state index is 13.6. The van der Waals surface area contributed by atoms with Gasteiger partial charge in [-0.1, -0.05) is 48.5 Å². The van der Waals surface area contributed by atoms with Crippen LogP contribution in [0.25, 0.3) is 22.2 Å². The van der Waals surface area contributed by atoms with E-state index in [4.69, 9.17) is 11.6 Å². The maximum Gasteiger partial charge on any atom is 0.573 e. The Hall–Kier alpha value is -4.55. The Bertz CT molecular complexity index is 1670. The highest BCUT2D eigenvalue weighted by atomic mass is 35.5. The average Bonchev–Trinajstić information content (AvgIpc) is 3.28. The second-order valence-corrected chi connectivity index (χ2v) is 10.3. The summed E-state index contributed by atoms with van der Waals surface area (Å²) in [5.41, 5.74) is 2.47. The van der Waals surface area contributed by atoms with Crippen LogP contribution in [0.2, 0.25) is 5.02 Å². The maximum atomic E-state index is 13.6. The molecule has 2 aromatic carbocycles. The first kappa shape index (κ1) is 31.4. The van der Waals surface area contributed by atoms with Crippen molar-refractivity contribution in [3.8, 4) is 17.0 Å². The van der Waals surface area contributed by atoms with E-state index < -0.39 is 18.0 Å². The summed E-state index contributed by atoms with van der Waals surface area (Å²) in [6.07, 6.45) is 2.36. The lowest BCUT2D eigenvalue weighted by atomic mass is 10.1. The number of hydrogen-bond acceptors (Lipinski definition) is 7. The molecular weight excluding hydrogens is 583 g/mol. The van der Waals surface area contributed by atoms with Gasteiger partial charge in [0.2, 0.25) is 11.9 Å². The summed E-state index contributed by atoms with van der Waals surface area (Å²) in [4.78, 5) is 25.0. The van der Waals surface area contributed by atoms with Crippen LogP contribution in [0, 0.1) is 0 Å². The number of aryl methyl sites for hydroxylation is 1. The molecule has 9 nitrogen and oxygen atoms in total. The minimum Gasteiger partial charge on any atom is -0.403 e. The minimum atomic E-state index is -5.00. The second-order valence-electron chi connectivity index (χ2n) is 9.91. The van der Waals surface area contributed by atoms with Gasteiger partial charge in [0, 0.05) is 62.0 Å². The van der Waals surface area contributed by atoms with Gasteiger partial charge in [-0.25, -0.2) is 9.97 Å². The van der Waals surface area contributed by atoms with Crippen LogP contribution in [-0.4, -0.2) is 65.9 Å². The number of rotatable bonds is 11. The van der Waals surface area contributed by atoms with Crippen LogP contribution in [0.3, 0.4) is 0 Å². The van der Waals surface area contributed by atoms with E-state index in [1.54, 1.807) is 11.9 Å². The molecule has 0 bridgehead atoms. The van der Waals surface area contributed by atoms with Crippen molar-refractivity contribution < 1.29 is 22.7 Å². The lowest BCUT2D eigenvalue weighted by Gasteiger charge is -2.26. The van der Waals surface area contributed by atoms with Gasteiger partial charge in [-0.15, -0.1) is 13.2 Å². The number of carbonyl (C=O) groups excluding carboxylic acids is 1. The van der Waals surface area contributed by atoms with E-state index in [0.717, 1.165) is 16.5 Å². The fourth-order valence-corrected chi connectivity index (χ4v) is 4.55. The number of nitrogens with zero attached hydrogens (tertiary/aromatic N) is 5. The molecule has 226 valence electrons. The number of fused-ring (bicyclic) bond motifs is 1. The summed E-state index contributed by atoms with van der Waals surface area (Å²) < 4.78 is 47.1. The highest BCUT2D eigenvalue weighted by Gasteiger charge is 2.33. The molecule has 0 fully saturated rings. The number of hydrogen-bond donors (Lipinski definition) is 2. The van der Waals surface area contributed by atoms with Crippen LogP contribution < -0.4 is 20.3 Å². The Kier molecular flexibility index (Phi) is 9.62. The summed E-state index contributed by atoms with van der Waals surface area (Å²) >= 11 is 6.49. The number of benzene rings is 2. The fourth-order valence-electron chi connectivity index (χ4n) is 4.36. The number of ether oxygens (including phenoxy) is 1. The molecule has 43 heavy (non-hydrogen) atoms. The molecule has 0 aliphatic carbocycles. The van der Waals surface area contributed by atoms with E-state index >= 15 is 0 Å². The number of alkyl halides is 3. The molecule has 0 spiro atoms. The number of carbonyl (C=O) groups is 1. The molecular formula is C30H31ClF3N7O2. The predicted octanol–water partition coefficient (Wildman–Crippen LogP) is 6.61. The lowest BCUT2D eigenvalue weighted by Crippen LogP contribution is -2.29. The molecule has 13 heteroatoms. The largest absolute Gasteiger partial charge is 0.573 e. The van der Waals surface area contributed by atoms with Crippen molar-refractivity contribution in [1.82, 2.24) is 19.4 Å². The van der Waals surface area contributed by atoms with Gasteiger partial charge in [0.25, 0.3) is 0 Å². The third-order valence-electron chi connectivity index (χ3n) is 6.40. The second kappa shape index (κ2) is 13.2. The van der Waals surface area contributed by atoms with Gasteiger partial charge in [0.15, 0.2) is 5.75 Å². The highest BCUT2D eigenvalue weighted by Crippen LogP contribution is 2.41. The van der Waals surface area contributed by atoms with Crippen molar-refractivity contribution in [2.45, 2.75) is 6.36 Å². The standard InChI is InChI=1S/C30H31ClF3N7O2/c1-6-7-12-27(42)36-22-15-23(26(43-30(32,33)34)16-25(22)40(4)14-13-39(2)3)37-29-35-17-21(31)28(38-29)20-18-41(5)24-11-9-8-10-19(20)24/h6-12,15-18H,1,13-14H2,2-5H3,(H,36,42)(H,35,37,38)/b12-7+. The number of likely N-dealkylation sites (N-methyl/N-ethyl adjacent to an activating group) is 2. The zero-order valence-corrected chi connectivity index (χ0v) is 24.8. The van der Waals surface area contributed by atoms with Crippen molar-refractivity contribution in [3.05, 3.63) is 78.6 Å². The van der Waals surface area contributed by atoms with Crippen LogP contribution in [0.5, 0.6) is 5.75 Å². The monoisotopic (exact) mass is 613 g/mol. The molecule has 4 aromatic rings. The van der Waals surface area contributed by atoms with Gasteiger partial charge in [-0.3, -0.25) is 4.79 Å². The van der Waals surface area contributed by atoms with E-state index in [-0.39, 0.29) is 22.3 Å². The van der Waals surface area contributed by atoms with Crippen molar-refractivity contribution in [2.24, 2.45) is 7.05 Å². The number of amides is 1. The minimum absolute atomic E-state index is 0.0306. The van der Waals surface area contributed by atoms with Crippen LogP contribution in [0.1, 0.15) is 0 Å². The molecule has 0 saturated heterocycles. The molecule has 0 atom stereocenters. The molecule has 0 aliphatic rings. The molecule has 2 N–H and O–H groups in total. The summed E-state index contributed by atoms with van der Waals surface area (Å²) in [6, 6.07) is 10.2. The topological polar surface area (TPSA) is 87.5 Å². The van der Waals surface area contributed by atoms with E-state index in [2.05, 4.69) is 31.9 Å². The van der Waals surface area contributed by atoms with E-state index in [0.29, 0.717) is 24.5 Å². The first-order chi connectivity index (χ1) is 20.4. The SMILES string of the molecule is C=C/C=C/C(=O)Nc1cc(Nc2ncc(Cl)c(-c3cn(C)c4ccccc34)n2)c(OC(F)(F)F)cc1N(C)CCN(C)C. The third-order valence-corrected chi connectivity index (χ3v) is 6.68. The smallest absolute Gasteiger partial charge is 0.403 e. The van der Waals surface area contributed by atoms with Gasteiger partial charge in [0.1, 0.15) is 0 Å². The van der Waals surface area contributed by atoms with Crippen LogP contribution in [0.4, 0.5) is 36.2 Å². The number of nitrogens with one attached hydrogen (secondary N) is 2. The van der Waals surface area contributed by atoms with Crippen molar-refractivity contribution in [1.29, 1.82) is 0 Å². The Morgan fingerprint density at radius 2 is 1.91 bits per heavy atom. The zero-order chi connectivity index (χ0) is 31.3. The van der Waals surface area contributed by atoms with Crippen molar-refractivity contribution >= 4 is 51.4 Å². The van der Waals surface area contributed by atoms with Crippen LogP contribution in [0.15, 0.2) is 73.6 Å². The Morgan fingerprint density at radius 3 is 2.60 bits per heavy atom. The summed E-state index contributed by atoms with van der Waals surface area (Å²) in [7, 11) is 7.34. The quantitative estimate of drug-likeness (QED) is 0.145. The summed E-state index contributed by atoms with van der Waals surface area (Å²) in [5, 5.41) is 6.71. The van der Waals surface area contributed by atoms with Crippen LogP contribution >= 0.6 is 11.6 Å². The van der Waals surface area contributed by atoms with Crippen molar-refractivity contribution in [2.75, 3.05) is 49.8 Å². The first-order valence-corrected chi connectivity index (χ1v) is 13.5. The molecule has 2 heterocycles. The summed E-state index contributed by atoms with van der Waals surface area (Å²) in [5.74, 6) is -1.07. The van der Waals surface area contributed by atoms with E-state index in [9.17, 15) is 18.0 Å². The molecule has 2 aromatic heterocycles. The molecule has 0 saturated carbocycles. The Morgan fingerprint density at radius 1 is 1.16 bits per heavy atom. The number of allylic oxidation sites excluding steroid dienone is 2. The Labute approximate surface area is 252 Å². The lowest BCUT2D eigenvalue weighted by molar-refractivity contribution is -0.274.